The van der Waals surface area contributed by atoms with Gasteiger partial charge in [0.05, 0.1) is 0 Å². The number of pyridine rings is 2. The molecule has 0 saturated carbocycles. The molecule has 0 aliphatic carbocycles. The molecule has 0 aliphatic heterocycles. The summed E-state index contributed by atoms with van der Waals surface area (Å²) in [7, 11) is 0. The molecule has 2 aromatic rings. The lowest BCUT2D eigenvalue weighted by Crippen LogP contribution is -2.16. The molecular weight excluding hydrogens is 192 g/mol. The zero-order valence-corrected chi connectivity index (χ0v) is 8.63. The van der Waals surface area contributed by atoms with Crippen molar-refractivity contribution in [2.24, 2.45) is 0 Å². The Hall–Kier alpha value is -1.84. The zero-order chi connectivity index (χ0) is 11.0. The van der Waals surface area contributed by atoms with Crippen molar-refractivity contribution in [1.29, 1.82) is 0 Å². The molecule has 0 fully saturated rings. The molecule has 0 radical (unpaired) electrons. The third-order valence-electron chi connectivity index (χ3n) is 2.38. The van der Waals surface area contributed by atoms with Crippen molar-refractivity contribution in [1.82, 2.24) is 9.97 Å². The average Bonchev–Trinajstić information content (AvgIpc) is 2.15. The fourth-order valence-electron chi connectivity index (χ4n) is 1.56. The van der Waals surface area contributed by atoms with Crippen LogP contribution in [0.2, 0.25) is 0 Å². The topological polar surface area (TPSA) is 65.7 Å². The number of aromatic amines is 2. The summed E-state index contributed by atoms with van der Waals surface area (Å²) in [6.07, 6.45) is 0. The van der Waals surface area contributed by atoms with Crippen molar-refractivity contribution in [2.45, 2.75) is 19.8 Å². The average molecular weight is 204 g/mol. The predicted molar refractivity (Wildman–Crippen MR) is 59.3 cm³/mol. The lowest BCUT2D eigenvalue weighted by atomic mass is 10.0. The second-order valence-electron chi connectivity index (χ2n) is 3.86. The van der Waals surface area contributed by atoms with E-state index in [4.69, 9.17) is 0 Å². The smallest absolute Gasteiger partial charge is 0.252 e. The van der Waals surface area contributed by atoms with Crippen molar-refractivity contribution in [3.8, 4) is 0 Å². The highest BCUT2D eigenvalue weighted by Crippen LogP contribution is 2.13. The Bertz CT molecular complexity index is 608. The van der Waals surface area contributed by atoms with Gasteiger partial charge < -0.3 is 9.97 Å². The van der Waals surface area contributed by atoms with E-state index in [1.54, 1.807) is 6.07 Å². The Morgan fingerprint density at radius 1 is 1.13 bits per heavy atom. The van der Waals surface area contributed by atoms with Crippen molar-refractivity contribution < 1.29 is 0 Å². The molecule has 0 spiro atoms. The fraction of sp³-hybridized carbons (Fsp3) is 0.273. The molecule has 2 rings (SSSR count). The van der Waals surface area contributed by atoms with E-state index in [2.05, 4.69) is 9.97 Å². The summed E-state index contributed by atoms with van der Waals surface area (Å²) in [6, 6.07) is 4.97. The van der Waals surface area contributed by atoms with Crippen LogP contribution in [0, 0.1) is 0 Å². The number of fused-ring (bicyclic) bond motifs is 1. The Labute approximate surface area is 86.0 Å². The van der Waals surface area contributed by atoms with Crippen LogP contribution >= 0.6 is 0 Å². The summed E-state index contributed by atoms with van der Waals surface area (Å²) >= 11 is 0. The van der Waals surface area contributed by atoms with Gasteiger partial charge in [-0.25, -0.2) is 0 Å². The number of hydrogen-bond donors (Lipinski definition) is 2. The van der Waals surface area contributed by atoms with E-state index in [-0.39, 0.29) is 17.0 Å². The van der Waals surface area contributed by atoms with E-state index < -0.39 is 0 Å². The van der Waals surface area contributed by atoms with Gasteiger partial charge in [-0.1, -0.05) is 13.8 Å². The summed E-state index contributed by atoms with van der Waals surface area (Å²) in [5, 5.41) is 0.845. The maximum Gasteiger partial charge on any atom is 0.252 e. The quantitative estimate of drug-likeness (QED) is 0.736. The van der Waals surface area contributed by atoms with Crippen molar-refractivity contribution in [3.05, 3.63) is 44.5 Å². The molecule has 78 valence electrons. The van der Waals surface area contributed by atoms with Gasteiger partial charge in [0.25, 0.3) is 5.56 Å². The first-order chi connectivity index (χ1) is 7.08. The van der Waals surface area contributed by atoms with Gasteiger partial charge in [0.15, 0.2) is 0 Å². The van der Waals surface area contributed by atoms with Gasteiger partial charge in [0.1, 0.15) is 5.65 Å². The van der Waals surface area contributed by atoms with Crippen molar-refractivity contribution in [3.63, 3.8) is 0 Å². The molecule has 0 atom stereocenters. The minimum Gasteiger partial charge on any atom is -0.308 e. The second kappa shape index (κ2) is 3.38. The van der Waals surface area contributed by atoms with E-state index in [9.17, 15) is 9.59 Å². The van der Waals surface area contributed by atoms with Gasteiger partial charge in [-0.2, -0.15) is 0 Å². The third kappa shape index (κ3) is 1.70. The molecule has 0 amide bonds. The fourth-order valence-corrected chi connectivity index (χ4v) is 1.56. The molecule has 2 heterocycles. The highest BCUT2D eigenvalue weighted by molar-refractivity contribution is 5.74. The molecule has 4 nitrogen and oxygen atoms in total. The normalized spacial score (nSPS) is 11.1. The highest BCUT2D eigenvalue weighted by Gasteiger charge is 2.06. The first-order valence-electron chi connectivity index (χ1n) is 4.84. The Morgan fingerprint density at radius 3 is 2.53 bits per heavy atom. The van der Waals surface area contributed by atoms with Crippen molar-refractivity contribution in [2.75, 3.05) is 0 Å². The lowest BCUT2D eigenvalue weighted by Gasteiger charge is -2.05. The molecule has 2 N–H and O–H groups in total. The van der Waals surface area contributed by atoms with E-state index in [1.165, 1.54) is 6.07 Å². The van der Waals surface area contributed by atoms with Crippen LogP contribution in [0.4, 0.5) is 0 Å². The predicted octanol–water partition coefficient (Wildman–Crippen LogP) is 1.34. The maximum atomic E-state index is 11.6. The molecule has 0 unspecified atom stereocenters. The summed E-state index contributed by atoms with van der Waals surface area (Å²) in [5.74, 6) is 0.171. The van der Waals surface area contributed by atoms with Crippen LogP contribution in [0.3, 0.4) is 0 Å². The van der Waals surface area contributed by atoms with E-state index in [0.29, 0.717) is 5.65 Å². The molecule has 0 saturated heterocycles. The lowest BCUT2D eigenvalue weighted by molar-refractivity contribution is 0.847. The standard InChI is InChI=1S/C11H12N2O2/c1-6(2)8-5-7-3-4-9(14)12-10(7)13-11(8)15/h3-6H,1-2H3,(H2,12,13,14,15). The SMILES string of the molecule is CC(C)c1cc2ccc(=O)[nH]c2[nH]c1=O. The molecule has 2 aromatic heterocycles. The summed E-state index contributed by atoms with van der Waals surface area (Å²) < 4.78 is 0. The Balaban J connectivity index is 2.82. The summed E-state index contributed by atoms with van der Waals surface area (Å²) in [6.45, 7) is 3.92. The molecule has 4 heteroatoms. The number of H-pyrrole nitrogens is 2. The number of aromatic nitrogens is 2. The van der Waals surface area contributed by atoms with Gasteiger partial charge in [-0.05, 0) is 18.1 Å². The molecular formula is C11H12N2O2. The highest BCUT2D eigenvalue weighted by atomic mass is 16.1. The van der Waals surface area contributed by atoms with Crippen LogP contribution in [-0.2, 0) is 0 Å². The monoisotopic (exact) mass is 204 g/mol. The molecule has 15 heavy (non-hydrogen) atoms. The summed E-state index contributed by atoms with van der Waals surface area (Å²) in [5.41, 5.74) is 0.862. The maximum absolute atomic E-state index is 11.6. The third-order valence-corrected chi connectivity index (χ3v) is 2.38. The van der Waals surface area contributed by atoms with Gasteiger partial charge >= 0.3 is 0 Å². The second-order valence-corrected chi connectivity index (χ2v) is 3.86. The van der Waals surface area contributed by atoms with Gasteiger partial charge in [-0.15, -0.1) is 0 Å². The van der Waals surface area contributed by atoms with Crippen LogP contribution in [-0.4, -0.2) is 9.97 Å². The van der Waals surface area contributed by atoms with Gasteiger partial charge in [0, 0.05) is 17.0 Å². The van der Waals surface area contributed by atoms with Crippen LogP contribution in [0.5, 0.6) is 0 Å². The minimum atomic E-state index is -0.213. The van der Waals surface area contributed by atoms with Gasteiger partial charge in [-0.3, -0.25) is 9.59 Å². The van der Waals surface area contributed by atoms with Crippen LogP contribution < -0.4 is 11.1 Å². The number of hydrogen-bond acceptors (Lipinski definition) is 2. The molecule has 0 aliphatic rings. The number of rotatable bonds is 1. The largest absolute Gasteiger partial charge is 0.308 e. The molecule has 0 aromatic carbocycles. The Kier molecular flexibility index (Phi) is 2.19. The minimum absolute atomic E-state index is 0.139. The van der Waals surface area contributed by atoms with E-state index in [0.717, 1.165) is 10.9 Å². The Morgan fingerprint density at radius 2 is 1.87 bits per heavy atom. The molecule has 0 bridgehead atoms. The van der Waals surface area contributed by atoms with Crippen LogP contribution in [0.15, 0.2) is 27.8 Å². The zero-order valence-electron chi connectivity index (χ0n) is 8.63. The van der Waals surface area contributed by atoms with E-state index >= 15 is 0 Å². The first kappa shape index (κ1) is 9.71. The summed E-state index contributed by atoms with van der Waals surface area (Å²) in [4.78, 5) is 27.9. The number of nitrogens with one attached hydrogen (secondary N) is 2. The van der Waals surface area contributed by atoms with Crippen LogP contribution in [0.25, 0.3) is 11.0 Å². The van der Waals surface area contributed by atoms with Crippen molar-refractivity contribution >= 4 is 11.0 Å². The van der Waals surface area contributed by atoms with E-state index in [1.807, 2.05) is 19.9 Å². The van der Waals surface area contributed by atoms with Crippen LogP contribution in [0.1, 0.15) is 25.3 Å². The first-order valence-corrected chi connectivity index (χ1v) is 4.84. The van der Waals surface area contributed by atoms with Gasteiger partial charge in [0.2, 0.25) is 5.56 Å².